The molecule has 0 unspecified atom stereocenters. The molecular formula is C23H26N2O5S. The molecule has 31 heavy (non-hydrogen) atoms. The van der Waals surface area contributed by atoms with Gasteiger partial charge in [-0.25, -0.2) is 8.42 Å². The van der Waals surface area contributed by atoms with Gasteiger partial charge in [0.25, 0.3) is 5.91 Å². The van der Waals surface area contributed by atoms with Crippen LogP contribution in [0.2, 0.25) is 0 Å². The number of nitrogens with one attached hydrogen (secondary N) is 1. The van der Waals surface area contributed by atoms with Crippen molar-refractivity contribution >= 4 is 21.6 Å². The van der Waals surface area contributed by atoms with Gasteiger partial charge < -0.3 is 14.5 Å². The van der Waals surface area contributed by atoms with E-state index in [1.165, 1.54) is 16.6 Å². The van der Waals surface area contributed by atoms with E-state index < -0.39 is 15.9 Å². The minimum atomic E-state index is -3.78. The quantitative estimate of drug-likeness (QED) is 0.522. The average molecular weight is 443 g/mol. The van der Waals surface area contributed by atoms with Gasteiger partial charge in [0.2, 0.25) is 10.0 Å². The molecule has 0 radical (unpaired) electrons. The monoisotopic (exact) mass is 442 g/mol. The number of sulfonamides is 1. The predicted molar refractivity (Wildman–Crippen MR) is 120 cm³/mol. The molecule has 1 heterocycles. The van der Waals surface area contributed by atoms with E-state index in [2.05, 4.69) is 5.32 Å². The van der Waals surface area contributed by atoms with Crippen molar-refractivity contribution in [1.82, 2.24) is 4.31 Å². The van der Waals surface area contributed by atoms with Gasteiger partial charge in [-0.2, -0.15) is 4.31 Å². The number of carbonyl (C=O) groups excluding carboxylic acids is 1. The number of hydrogen-bond donors (Lipinski definition) is 1. The smallest absolute Gasteiger partial charge is 0.292 e. The van der Waals surface area contributed by atoms with Crippen molar-refractivity contribution in [1.29, 1.82) is 0 Å². The fraction of sp³-hybridized carbons (Fsp3) is 0.261. The highest BCUT2D eigenvalue weighted by atomic mass is 32.2. The molecule has 164 valence electrons. The van der Waals surface area contributed by atoms with Crippen LogP contribution in [-0.4, -0.2) is 38.3 Å². The Labute approximate surface area is 182 Å². The number of rotatable bonds is 9. The molecule has 3 aromatic rings. The van der Waals surface area contributed by atoms with E-state index in [1.807, 2.05) is 30.3 Å². The van der Waals surface area contributed by atoms with Crippen LogP contribution in [0.5, 0.6) is 5.75 Å². The van der Waals surface area contributed by atoms with Gasteiger partial charge in [0.1, 0.15) is 10.6 Å². The molecule has 1 aromatic heterocycles. The van der Waals surface area contributed by atoms with Crippen LogP contribution >= 0.6 is 0 Å². The molecule has 1 amide bonds. The maximum atomic E-state index is 13.1. The van der Waals surface area contributed by atoms with Crippen LogP contribution in [0.4, 0.5) is 5.69 Å². The standard InChI is InChI=1S/C23H26N2O5S/c1-4-25(5-2)31(27,28)21-16-18(12-13-20(21)29-6-3)24-23(26)22-19(14-15-30-22)17-10-8-7-9-11-17/h7-16H,4-6H2,1-3H3,(H,24,26). The van der Waals surface area contributed by atoms with Gasteiger partial charge in [0, 0.05) is 24.3 Å². The Morgan fingerprint density at radius 3 is 2.39 bits per heavy atom. The van der Waals surface area contributed by atoms with Crippen LogP contribution < -0.4 is 10.1 Å². The Kier molecular flexibility index (Phi) is 7.14. The number of carbonyl (C=O) groups is 1. The molecule has 0 saturated heterocycles. The van der Waals surface area contributed by atoms with Crippen LogP contribution in [-0.2, 0) is 10.0 Å². The minimum Gasteiger partial charge on any atom is -0.492 e. The van der Waals surface area contributed by atoms with Gasteiger partial charge >= 0.3 is 0 Å². The van der Waals surface area contributed by atoms with E-state index >= 15 is 0 Å². The third-order valence-corrected chi connectivity index (χ3v) is 6.85. The second-order valence-corrected chi connectivity index (χ2v) is 8.57. The molecule has 0 aliphatic heterocycles. The summed E-state index contributed by atoms with van der Waals surface area (Å²) in [4.78, 5) is 12.9. The molecular weight excluding hydrogens is 416 g/mol. The second-order valence-electron chi connectivity index (χ2n) is 6.67. The van der Waals surface area contributed by atoms with Crippen LogP contribution in [0, 0.1) is 0 Å². The van der Waals surface area contributed by atoms with Gasteiger partial charge in [0.15, 0.2) is 5.76 Å². The van der Waals surface area contributed by atoms with E-state index in [0.29, 0.717) is 30.9 Å². The topological polar surface area (TPSA) is 88.8 Å². The number of ether oxygens (including phenoxy) is 1. The SMILES string of the molecule is CCOc1ccc(NC(=O)c2occc2-c2ccccc2)cc1S(=O)(=O)N(CC)CC. The Bertz CT molecular complexity index is 1140. The molecule has 0 saturated carbocycles. The minimum absolute atomic E-state index is 0.0126. The summed E-state index contributed by atoms with van der Waals surface area (Å²) in [5.41, 5.74) is 1.83. The van der Waals surface area contributed by atoms with Gasteiger partial charge in [-0.15, -0.1) is 0 Å². The molecule has 3 rings (SSSR count). The Morgan fingerprint density at radius 1 is 1.03 bits per heavy atom. The Balaban J connectivity index is 1.95. The van der Waals surface area contributed by atoms with E-state index in [-0.39, 0.29) is 16.4 Å². The van der Waals surface area contributed by atoms with E-state index in [0.717, 1.165) is 5.56 Å². The number of anilines is 1. The van der Waals surface area contributed by atoms with Crippen LogP contribution in [0.1, 0.15) is 31.3 Å². The zero-order chi connectivity index (χ0) is 22.4. The van der Waals surface area contributed by atoms with Crippen LogP contribution in [0.3, 0.4) is 0 Å². The van der Waals surface area contributed by atoms with Crippen molar-refractivity contribution in [2.75, 3.05) is 25.0 Å². The molecule has 0 bridgehead atoms. The van der Waals surface area contributed by atoms with E-state index in [9.17, 15) is 13.2 Å². The van der Waals surface area contributed by atoms with Crippen molar-refractivity contribution in [2.45, 2.75) is 25.7 Å². The lowest BCUT2D eigenvalue weighted by molar-refractivity contribution is 0.0997. The summed E-state index contributed by atoms with van der Waals surface area (Å²) in [6.07, 6.45) is 1.45. The number of amides is 1. The lowest BCUT2D eigenvalue weighted by Gasteiger charge is -2.21. The summed E-state index contributed by atoms with van der Waals surface area (Å²) in [6, 6.07) is 15.7. The molecule has 0 spiro atoms. The van der Waals surface area contributed by atoms with Crippen LogP contribution in [0.25, 0.3) is 11.1 Å². The number of furan rings is 1. The summed E-state index contributed by atoms with van der Waals surface area (Å²) in [7, 11) is -3.78. The maximum Gasteiger partial charge on any atom is 0.292 e. The zero-order valence-electron chi connectivity index (χ0n) is 17.8. The van der Waals surface area contributed by atoms with Gasteiger partial charge in [-0.1, -0.05) is 44.2 Å². The molecule has 2 aromatic carbocycles. The normalized spacial score (nSPS) is 11.5. The Morgan fingerprint density at radius 2 is 1.74 bits per heavy atom. The summed E-state index contributed by atoms with van der Waals surface area (Å²) in [6.45, 7) is 6.30. The second kappa shape index (κ2) is 9.80. The van der Waals surface area contributed by atoms with E-state index in [4.69, 9.17) is 9.15 Å². The summed E-state index contributed by atoms with van der Waals surface area (Å²) < 4.78 is 38.5. The third-order valence-electron chi connectivity index (χ3n) is 4.78. The zero-order valence-corrected chi connectivity index (χ0v) is 18.6. The van der Waals surface area contributed by atoms with Gasteiger partial charge in [-0.05, 0) is 36.8 Å². The van der Waals surface area contributed by atoms with Crippen molar-refractivity contribution < 1.29 is 22.4 Å². The molecule has 0 aliphatic carbocycles. The maximum absolute atomic E-state index is 13.1. The lowest BCUT2D eigenvalue weighted by atomic mass is 10.1. The Hall–Kier alpha value is -3.10. The largest absolute Gasteiger partial charge is 0.492 e. The first kappa shape index (κ1) is 22.6. The first-order chi connectivity index (χ1) is 14.9. The average Bonchev–Trinajstić information content (AvgIpc) is 3.26. The first-order valence-electron chi connectivity index (χ1n) is 10.1. The molecule has 0 atom stereocenters. The molecule has 0 fully saturated rings. The molecule has 0 aliphatic rings. The third kappa shape index (κ3) is 4.81. The predicted octanol–water partition coefficient (Wildman–Crippen LogP) is 4.63. The summed E-state index contributed by atoms with van der Waals surface area (Å²) in [5, 5.41) is 2.74. The number of hydrogen-bond acceptors (Lipinski definition) is 5. The lowest BCUT2D eigenvalue weighted by Crippen LogP contribution is -2.31. The fourth-order valence-electron chi connectivity index (χ4n) is 3.28. The van der Waals surface area contributed by atoms with Crippen molar-refractivity contribution in [3.8, 4) is 16.9 Å². The van der Waals surface area contributed by atoms with Gasteiger partial charge in [0.05, 0.1) is 12.9 Å². The van der Waals surface area contributed by atoms with E-state index in [1.54, 1.807) is 39.0 Å². The van der Waals surface area contributed by atoms with Gasteiger partial charge in [-0.3, -0.25) is 4.79 Å². The highest BCUT2D eigenvalue weighted by Gasteiger charge is 2.27. The number of nitrogens with zero attached hydrogens (tertiary/aromatic N) is 1. The van der Waals surface area contributed by atoms with Crippen molar-refractivity contribution in [2.24, 2.45) is 0 Å². The highest BCUT2D eigenvalue weighted by molar-refractivity contribution is 7.89. The first-order valence-corrected chi connectivity index (χ1v) is 11.6. The molecule has 1 N–H and O–H groups in total. The molecule has 8 heteroatoms. The van der Waals surface area contributed by atoms with Crippen LogP contribution in [0.15, 0.2) is 70.2 Å². The highest BCUT2D eigenvalue weighted by Crippen LogP contribution is 2.31. The number of benzene rings is 2. The molecule has 7 nitrogen and oxygen atoms in total. The fourth-order valence-corrected chi connectivity index (χ4v) is 4.90. The van der Waals surface area contributed by atoms with Crippen molar-refractivity contribution in [3.63, 3.8) is 0 Å². The summed E-state index contributed by atoms with van der Waals surface area (Å²) >= 11 is 0. The van der Waals surface area contributed by atoms with Crippen molar-refractivity contribution in [3.05, 3.63) is 66.6 Å². The summed E-state index contributed by atoms with van der Waals surface area (Å²) in [5.74, 6) is -0.0807.